The molecule has 1 saturated heterocycles. The van der Waals surface area contributed by atoms with Gasteiger partial charge in [-0.3, -0.25) is 9.63 Å². The van der Waals surface area contributed by atoms with Crippen molar-refractivity contribution in [2.24, 2.45) is 0 Å². The number of hydroxylamine groups is 2. The number of carbonyl (C=O) groups is 1. The van der Waals surface area contributed by atoms with E-state index >= 15 is 0 Å². The zero-order chi connectivity index (χ0) is 14.8. The lowest BCUT2D eigenvalue weighted by molar-refractivity contribution is -0.186. The SMILES string of the molecule is CON(C(=O)c1ccc(C(F)(F)F)cc1)C1CCCO1. The predicted molar refractivity (Wildman–Crippen MR) is 63.6 cm³/mol. The van der Waals surface area contributed by atoms with E-state index in [0.717, 1.165) is 35.7 Å². The molecule has 1 aromatic carbocycles. The van der Waals surface area contributed by atoms with Gasteiger partial charge in [-0.05, 0) is 37.1 Å². The van der Waals surface area contributed by atoms with E-state index in [1.165, 1.54) is 7.11 Å². The summed E-state index contributed by atoms with van der Waals surface area (Å²) in [5, 5.41) is 1.05. The van der Waals surface area contributed by atoms with Crippen LogP contribution in [0.1, 0.15) is 28.8 Å². The van der Waals surface area contributed by atoms with Crippen molar-refractivity contribution in [3.63, 3.8) is 0 Å². The fraction of sp³-hybridized carbons (Fsp3) is 0.462. The van der Waals surface area contributed by atoms with Gasteiger partial charge in [0.15, 0.2) is 6.23 Å². The molecule has 2 rings (SSSR count). The third-order valence-electron chi connectivity index (χ3n) is 3.02. The number of benzene rings is 1. The average Bonchev–Trinajstić information content (AvgIpc) is 2.92. The van der Waals surface area contributed by atoms with Gasteiger partial charge < -0.3 is 4.74 Å². The van der Waals surface area contributed by atoms with Crippen LogP contribution in [0.3, 0.4) is 0 Å². The predicted octanol–water partition coefficient (Wildman–Crippen LogP) is 2.85. The lowest BCUT2D eigenvalue weighted by atomic mass is 10.1. The van der Waals surface area contributed by atoms with E-state index in [2.05, 4.69) is 0 Å². The van der Waals surface area contributed by atoms with E-state index in [1.54, 1.807) is 0 Å². The second-order valence-electron chi connectivity index (χ2n) is 4.36. The zero-order valence-electron chi connectivity index (χ0n) is 10.8. The van der Waals surface area contributed by atoms with E-state index in [4.69, 9.17) is 9.57 Å². The highest BCUT2D eigenvalue weighted by Crippen LogP contribution is 2.29. The van der Waals surface area contributed by atoms with Crippen molar-refractivity contribution in [3.8, 4) is 0 Å². The number of alkyl halides is 3. The average molecular weight is 289 g/mol. The number of carbonyl (C=O) groups excluding carboxylic acids is 1. The van der Waals surface area contributed by atoms with E-state index in [1.807, 2.05) is 0 Å². The second kappa shape index (κ2) is 5.80. The molecule has 1 amide bonds. The molecule has 0 bridgehead atoms. The van der Waals surface area contributed by atoms with Crippen molar-refractivity contribution < 1.29 is 27.5 Å². The van der Waals surface area contributed by atoms with E-state index < -0.39 is 23.9 Å². The topological polar surface area (TPSA) is 38.8 Å². The molecular weight excluding hydrogens is 275 g/mol. The Labute approximate surface area is 114 Å². The standard InChI is InChI=1S/C13H14F3NO3/c1-19-17(11-3-2-8-20-11)12(18)9-4-6-10(7-5-9)13(14,15)16/h4-7,11H,2-3,8H2,1H3. The molecule has 0 radical (unpaired) electrons. The molecule has 1 unspecified atom stereocenters. The molecule has 0 aromatic heterocycles. The first-order valence-electron chi connectivity index (χ1n) is 6.10. The van der Waals surface area contributed by atoms with Gasteiger partial charge in [0.25, 0.3) is 5.91 Å². The van der Waals surface area contributed by atoms with Crippen LogP contribution >= 0.6 is 0 Å². The number of amides is 1. The molecule has 20 heavy (non-hydrogen) atoms. The molecule has 1 atom stereocenters. The van der Waals surface area contributed by atoms with Gasteiger partial charge in [0.2, 0.25) is 0 Å². The Morgan fingerprint density at radius 3 is 2.45 bits per heavy atom. The summed E-state index contributed by atoms with van der Waals surface area (Å²) in [6.45, 7) is 0.533. The van der Waals surface area contributed by atoms with Crippen LogP contribution in [0, 0.1) is 0 Å². The van der Waals surface area contributed by atoms with Crippen molar-refractivity contribution in [2.75, 3.05) is 13.7 Å². The van der Waals surface area contributed by atoms with Gasteiger partial charge in [-0.2, -0.15) is 18.2 Å². The third-order valence-corrected chi connectivity index (χ3v) is 3.02. The van der Waals surface area contributed by atoms with Gasteiger partial charge in [0.05, 0.1) is 12.7 Å². The minimum Gasteiger partial charge on any atom is -0.356 e. The molecule has 1 aromatic rings. The van der Waals surface area contributed by atoms with Crippen molar-refractivity contribution in [2.45, 2.75) is 25.2 Å². The summed E-state index contributed by atoms with van der Waals surface area (Å²) in [5.41, 5.74) is -0.675. The molecule has 1 aliphatic heterocycles. The second-order valence-corrected chi connectivity index (χ2v) is 4.36. The first kappa shape index (κ1) is 14.8. The summed E-state index contributed by atoms with van der Waals surface area (Å²) in [6.07, 6.45) is -3.46. The third kappa shape index (κ3) is 3.10. The fourth-order valence-electron chi connectivity index (χ4n) is 2.01. The summed E-state index contributed by atoms with van der Waals surface area (Å²) >= 11 is 0. The summed E-state index contributed by atoms with van der Waals surface area (Å²) in [7, 11) is 1.32. The molecule has 1 aliphatic rings. The number of hydrogen-bond acceptors (Lipinski definition) is 3. The largest absolute Gasteiger partial charge is 0.416 e. The lowest BCUT2D eigenvalue weighted by Gasteiger charge is -2.25. The zero-order valence-corrected chi connectivity index (χ0v) is 10.8. The van der Waals surface area contributed by atoms with Crippen LogP contribution in [0.5, 0.6) is 0 Å². The van der Waals surface area contributed by atoms with Gasteiger partial charge in [0.1, 0.15) is 0 Å². The van der Waals surface area contributed by atoms with Crippen LogP contribution in [0.25, 0.3) is 0 Å². The smallest absolute Gasteiger partial charge is 0.356 e. The summed E-state index contributed by atoms with van der Waals surface area (Å²) in [5.74, 6) is -0.520. The Balaban J connectivity index is 2.15. The molecule has 0 aliphatic carbocycles. The molecule has 110 valence electrons. The summed E-state index contributed by atoms with van der Waals surface area (Å²) in [6, 6.07) is 4.01. The van der Waals surface area contributed by atoms with Gasteiger partial charge in [-0.15, -0.1) is 0 Å². The summed E-state index contributed by atoms with van der Waals surface area (Å²) in [4.78, 5) is 17.1. The fourth-order valence-corrected chi connectivity index (χ4v) is 2.01. The molecule has 7 heteroatoms. The maximum atomic E-state index is 12.5. The van der Waals surface area contributed by atoms with Gasteiger partial charge in [-0.25, -0.2) is 0 Å². The van der Waals surface area contributed by atoms with Crippen LogP contribution in [0.4, 0.5) is 13.2 Å². The summed E-state index contributed by atoms with van der Waals surface area (Å²) < 4.78 is 42.7. The van der Waals surface area contributed by atoms with E-state index in [0.29, 0.717) is 13.0 Å². The molecule has 4 nitrogen and oxygen atoms in total. The highest BCUT2D eigenvalue weighted by atomic mass is 19.4. The number of halogens is 3. The van der Waals surface area contributed by atoms with Crippen LogP contribution in [-0.2, 0) is 15.8 Å². The Hall–Kier alpha value is -1.60. The quantitative estimate of drug-likeness (QED) is 0.803. The molecule has 0 saturated carbocycles. The number of rotatable bonds is 3. The van der Waals surface area contributed by atoms with Crippen molar-refractivity contribution in [3.05, 3.63) is 35.4 Å². The first-order valence-corrected chi connectivity index (χ1v) is 6.10. The maximum Gasteiger partial charge on any atom is 0.416 e. The minimum absolute atomic E-state index is 0.121. The number of nitrogens with zero attached hydrogens (tertiary/aromatic N) is 1. The van der Waals surface area contributed by atoms with Crippen molar-refractivity contribution in [1.29, 1.82) is 0 Å². The Morgan fingerprint density at radius 2 is 2.00 bits per heavy atom. The van der Waals surface area contributed by atoms with Gasteiger partial charge in [-0.1, -0.05) is 0 Å². The van der Waals surface area contributed by atoms with Crippen LogP contribution in [0.15, 0.2) is 24.3 Å². The minimum atomic E-state index is -4.42. The molecule has 0 N–H and O–H groups in total. The van der Waals surface area contributed by atoms with E-state index in [-0.39, 0.29) is 5.56 Å². The Bertz CT molecular complexity index is 467. The first-order chi connectivity index (χ1) is 9.43. The van der Waals surface area contributed by atoms with Crippen LogP contribution in [0.2, 0.25) is 0 Å². The molecule has 0 spiro atoms. The van der Waals surface area contributed by atoms with Crippen molar-refractivity contribution in [1.82, 2.24) is 5.06 Å². The maximum absolute atomic E-state index is 12.5. The molecule has 1 heterocycles. The van der Waals surface area contributed by atoms with Crippen LogP contribution in [-0.4, -0.2) is 30.9 Å². The monoisotopic (exact) mass is 289 g/mol. The highest BCUT2D eigenvalue weighted by Gasteiger charge is 2.32. The number of hydrogen-bond donors (Lipinski definition) is 0. The lowest BCUT2D eigenvalue weighted by Crippen LogP contribution is -2.39. The highest BCUT2D eigenvalue weighted by molar-refractivity contribution is 5.93. The Morgan fingerprint density at radius 1 is 1.35 bits per heavy atom. The number of ether oxygens (including phenoxy) is 1. The van der Waals surface area contributed by atoms with E-state index in [9.17, 15) is 18.0 Å². The normalized spacial score (nSPS) is 19.1. The van der Waals surface area contributed by atoms with Crippen molar-refractivity contribution >= 4 is 5.91 Å². The molecular formula is C13H14F3NO3. The van der Waals surface area contributed by atoms with Gasteiger partial charge in [0, 0.05) is 12.2 Å². The molecule has 1 fully saturated rings. The van der Waals surface area contributed by atoms with Gasteiger partial charge >= 0.3 is 6.18 Å². The van der Waals surface area contributed by atoms with Crippen LogP contribution < -0.4 is 0 Å². The Kier molecular flexibility index (Phi) is 4.29.